The number of anilines is 1. The molecule has 0 aliphatic heterocycles. The van der Waals surface area contributed by atoms with Crippen molar-refractivity contribution in [2.75, 3.05) is 4.72 Å². The molecule has 0 aliphatic rings. The van der Waals surface area contributed by atoms with Crippen molar-refractivity contribution in [1.29, 1.82) is 0 Å². The Hall–Kier alpha value is -0.140. The number of rotatable bonds is 2. The van der Waals surface area contributed by atoms with E-state index in [0.29, 0.717) is 5.69 Å². The van der Waals surface area contributed by atoms with Crippen molar-refractivity contribution < 1.29 is 13.0 Å². The molecular weight excluding hydrogens is 215 g/mol. The Morgan fingerprint density at radius 2 is 1.93 bits per heavy atom. The van der Waals surface area contributed by atoms with Crippen LogP contribution in [0.3, 0.4) is 0 Å². The van der Waals surface area contributed by atoms with Crippen LogP contribution in [-0.4, -0.2) is 47.5 Å². The third-order valence-electron chi connectivity index (χ3n) is 1.33. The van der Waals surface area contributed by atoms with Crippen molar-refractivity contribution >= 4 is 45.7 Å². The number of hydrogen-bond donors (Lipinski definition) is 2. The summed E-state index contributed by atoms with van der Waals surface area (Å²) in [6.07, 6.45) is 0. The fourth-order valence-electron chi connectivity index (χ4n) is 1.03. The number of aryl methyl sites for hydroxylation is 2. The molecule has 1 rings (SSSR count). The van der Waals surface area contributed by atoms with Crippen LogP contribution in [0.4, 0.5) is 5.82 Å². The van der Waals surface area contributed by atoms with E-state index in [1.54, 1.807) is 13.0 Å². The second-order valence-corrected chi connectivity index (χ2v) is 3.90. The van der Waals surface area contributed by atoms with Gasteiger partial charge in [-0.3, -0.25) is 4.55 Å². The molecule has 0 unspecified atom stereocenters. The number of pyridine rings is 1. The molecule has 0 bridgehead atoms. The minimum absolute atomic E-state index is 0. The van der Waals surface area contributed by atoms with Crippen molar-refractivity contribution in [3.8, 4) is 0 Å². The topological polar surface area (TPSA) is 79.3 Å². The maximum atomic E-state index is 10.4. The van der Waals surface area contributed by atoms with E-state index in [1.807, 2.05) is 11.6 Å². The van der Waals surface area contributed by atoms with Gasteiger partial charge < -0.3 is 0 Å². The third-order valence-corrected chi connectivity index (χ3v) is 1.80. The van der Waals surface area contributed by atoms with Crippen molar-refractivity contribution in [3.63, 3.8) is 0 Å². The van der Waals surface area contributed by atoms with Gasteiger partial charge in [0, 0.05) is 5.69 Å². The Morgan fingerprint density at radius 1 is 1.36 bits per heavy atom. The molecule has 0 amide bonds. The van der Waals surface area contributed by atoms with E-state index in [4.69, 9.17) is 4.55 Å². The van der Waals surface area contributed by atoms with Crippen LogP contribution < -0.4 is 4.72 Å². The molecule has 1 aromatic heterocycles. The molecule has 0 aromatic carbocycles. The number of nitrogens with zero attached hydrogens (tertiary/aromatic N) is 1. The molecule has 14 heavy (non-hydrogen) atoms. The maximum absolute atomic E-state index is 10.4. The van der Waals surface area contributed by atoms with Crippen LogP contribution in [0.1, 0.15) is 11.3 Å². The van der Waals surface area contributed by atoms with Crippen LogP contribution in [0, 0.1) is 13.8 Å². The molecule has 7 heteroatoms. The fraction of sp³-hybridized carbons (Fsp3) is 0.286. The van der Waals surface area contributed by atoms with Crippen LogP contribution in [0.2, 0.25) is 0 Å². The molecule has 0 spiro atoms. The van der Waals surface area contributed by atoms with Crippen LogP contribution in [-0.2, 0) is 10.3 Å². The van der Waals surface area contributed by atoms with E-state index in [2.05, 4.69) is 4.98 Å². The summed E-state index contributed by atoms with van der Waals surface area (Å²) in [5.74, 6) is 0.125. The van der Waals surface area contributed by atoms with E-state index in [-0.39, 0.29) is 35.4 Å². The molecule has 0 atom stereocenters. The Morgan fingerprint density at radius 3 is 2.36 bits per heavy atom. The Kier molecular flexibility index (Phi) is 5.03. The zero-order valence-corrected chi connectivity index (χ0v) is 8.09. The van der Waals surface area contributed by atoms with E-state index in [9.17, 15) is 8.42 Å². The van der Waals surface area contributed by atoms with Gasteiger partial charge in [0.05, 0.1) is 0 Å². The summed E-state index contributed by atoms with van der Waals surface area (Å²) in [6.45, 7) is 3.55. The SMILES string of the molecule is Cc1cc(C)nc(NS(=O)(=O)O)c1.[NaH]. The summed E-state index contributed by atoms with van der Waals surface area (Å²) in [4.78, 5) is 3.87. The zero-order chi connectivity index (χ0) is 10.1. The molecule has 74 valence electrons. The average Bonchev–Trinajstić information content (AvgIpc) is 1.78. The first-order valence-corrected chi connectivity index (χ1v) is 5.01. The van der Waals surface area contributed by atoms with Crippen molar-refractivity contribution in [2.24, 2.45) is 0 Å². The average molecular weight is 226 g/mol. The summed E-state index contributed by atoms with van der Waals surface area (Å²) in [7, 11) is -4.22. The van der Waals surface area contributed by atoms with Crippen LogP contribution in [0.15, 0.2) is 12.1 Å². The van der Waals surface area contributed by atoms with Gasteiger partial charge in [0.2, 0.25) is 0 Å². The molecule has 1 heterocycles. The van der Waals surface area contributed by atoms with Gasteiger partial charge >= 0.3 is 39.9 Å². The van der Waals surface area contributed by atoms with Crippen molar-refractivity contribution in [1.82, 2.24) is 4.98 Å². The second-order valence-electron chi connectivity index (χ2n) is 2.75. The molecule has 0 radical (unpaired) electrons. The van der Waals surface area contributed by atoms with E-state index >= 15 is 0 Å². The van der Waals surface area contributed by atoms with Gasteiger partial charge in [-0.2, -0.15) is 8.42 Å². The van der Waals surface area contributed by atoms with Gasteiger partial charge in [0.15, 0.2) is 0 Å². The molecular formula is C7H11N2NaO3S. The number of hydrogen-bond acceptors (Lipinski definition) is 3. The summed E-state index contributed by atoms with van der Waals surface area (Å²) in [5, 5.41) is 0. The van der Waals surface area contributed by atoms with Crippen LogP contribution in [0.25, 0.3) is 0 Å². The fourth-order valence-corrected chi connectivity index (χ4v) is 1.39. The number of aromatic nitrogens is 1. The van der Waals surface area contributed by atoms with Crippen molar-refractivity contribution in [2.45, 2.75) is 13.8 Å². The Bertz CT molecular complexity index is 399. The number of nitrogens with one attached hydrogen (secondary N) is 1. The quantitative estimate of drug-likeness (QED) is 0.560. The molecule has 5 nitrogen and oxygen atoms in total. The summed E-state index contributed by atoms with van der Waals surface area (Å²) in [5.41, 5.74) is 1.56. The summed E-state index contributed by atoms with van der Waals surface area (Å²) < 4.78 is 31.2. The predicted molar refractivity (Wildman–Crippen MR) is 56.0 cm³/mol. The van der Waals surface area contributed by atoms with Gasteiger partial charge in [-0.15, -0.1) is 0 Å². The standard InChI is InChI=1S/C7H10N2O3S.Na.H/c1-5-3-6(2)8-7(4-5)9-13(10,11)12;;/h3-4H,1-2H3,(H,8,9)(H,10,11,12);;. The monoisotopic (exact) mass is 226 g/mol. The van der Waals surface area contributed by atoms with E-state index in [0.717, 1.165) is 5.56 Å². The van der Waals surface area contributed by atoms with E-state index < -0.39 is 10.3 Å². The molecule has 0 aliphatic carbocycles. The molecule has 0 saturated carbocycles. The normalized spacial score (nSPS) is 10.5. The third kappa shape index (κ3) is 4.92. The predicted octanol–water partition coefficient (Wildman–Crippen LogP) is 0.265. The zero-order valence-electron chi connectivity index (χ0n) is 7.27. The molecule has 0 fully saturated rings. The van der Waals surface area contributed by atoms with Gasteiger partial charge in [-0.25, -0.2) is 9.71 Å². The van der Waals surface area contributed by atoms with Gasteiger partial charge in [-0.1, -0.05) is 0 Å². The Labute approximate surface area is 105 Å². The van der Waals surface area contributed by atoms with Crippen molar-refractivity contribution in [3.05, 3.63) is 23.4 Å². The summed E-state index contributed by atoms with van der Waals surface area (Å²) in [6, 6.07) is 3.33. The van der Waals surface area contributed by atoms with Crippen LogP contribution in [0.5, 0.6) is 0 Å². The van der Waals surface area contributed by atoms with Crippen LogP contribution >= 0.6 is 0 Å². The first-order valence-electron chi connectivity index (χ1n) is 3.57. The second kappa shape index (κ2) is 5.09. The molecule has 1 aromatic rings. The first-order chi connectivity index (χ1) is 5.87. The van der Waals surface area contributed by atoms with E-state index in [1.165, 1.54) is 6.07 Å². The first kappa shape index (κ1) is 13.9. The molecule has 0 saturated heterocycles. The Balaban J connectivity index is 0.00000169. The van der Waals surface area contributed by atoms with Gasteiger partial charge in [-0.05, 0) is 31.5 Å². The molecule has 2 N–H and O–H groups in total. The minimum atomic E-state index is -4.22. The van der Waals surface area contributed by atoms with Gasteiger partial charge in [0.25, 0.3) is 0 Å². The van der Waals surface area contributed by atoms with Gasteiger partial charge in [0.1, 0.15) is 5.82 Å². The summed E-state index contributed by atoms with van der Waals surface area (Å²) >= 11 is 0.